The Morgan fingerprint density at radius 2 is 1.88 bits per heavy atom. The molecule has 3 aromatic rings. The molecule has 3 heterocycles. The minimum absolute atomic E-state index is 0.217. The molecule has 1 fully saturated rings. The fourth-order valence-electron chi connectivity index (χ4n) is 3.51. The lowest BCUT2D eigenvalue weighted by Crippen LogP contribution is -2.36. The molecule has 1 aliphatic rings. The molecule has 0 radical (unpaired) electrons. The highest BCUT2D eigenvalue weighted by atomic mass is 32.1. The van der Waals surface area contributed by atoms with E-state index in [1.807, 2.05) is 41.5 Å². The molecular weight excluding hydrogens is 344 g/mol. The van der Waals surface area contributed by atoms with E-state index in [4.69, 9.17) is 0 Å². The summed E-state index contributed by atoms with van der Waals surface area (Å²) < 4.78 is 0. The van der Waals surface area contributed by atoms with E-state index in [0.29, 0.717) is 6.42 Å². The number of anilines is 1. The lowest BCUT2D eigenvalue weighted by Gasteiger charge is -2.23. The van der Waals surface area contributed by atoms with E-state index >= 15 is 0 Å². The number of carbonyl (C=O) groups excluding carboxylic acids is 1. The van der Waals surface area contributed by atoms with Gasteiger partial charge in [0.25, 0.3) is 0 Å². The van der Waals surface area contributed by atoms with Gasteiger partial charge in [-0.15, -0.1) is 16.4 Å². The maximum absolute atomic E-state index is 12.6. The summed E-state index contributed by atoms with van der Waals surface area (Å²) in [5.74, 6) is 1.15. The average Bonchev–Trinajstić information content (AvgIpc) is 3.04. The summed E-state index contributed by atoms with van der Waals surface area (Å²) in [6.07, 6.45) is 1.45. The highest BCUT2D eigenvalue weighted by Gasteiger charge is 2.22. The molecule has 0 atom stereocenters. The molecule has 1 aliphatic heterocycles. The van der Waals surface area contributed by atoms with Gasteiger partial charge in [-0.3, -0.25) is 4.79 Å². The molecule has 0 aliphatic carbocycles. The first-order valence-corrected chi connectivity index (χ1v) is 9.87. The molecule has 6 heteroatoms. The van der Waals surface area contributed by atoms with Crippen LogP contribution in [0.15, 0.2) is 41.8 Å². The predicted octanol–water partition coefficient (Wildman–Crippen LogP) is 3.28. The molecule has 26 heavy (non-hydrogen) atoms. The fourth-order valence-corrected chi connectivity index (χ4v) is 4.21. The Balaban J connectivity index is 1.51. The molecular formula is C20H22N4OS. The van der Waals surface area contributed by atoms with E-state index in [1.54, 1.807) is 11.3 Å². The van der Waals surface area contributed by atoms with Gasteiger partial charge in [0.1, 0.15) is 0 Å². The Hall–Kier alpha value is -2.47. The Kier molecular flexibility index (Phi) is 4.84. The first-order valence-electron chi connectivity index (χ1n) is 8.99. The second-order valence-electron chi connectivity index (χ2n) is 6.63. The molecule has 0 spiro atoms. The van der Waals surface area contributed by atoms with Crippen molar-refractivity contribution in [2.45, 2.75) is 19.8 Å². The van der Waals surface area contributed by atoms with Crippen LogP contribution in [0.5, 0.6) is 0 Å². The number of nitrogens with zero attached hydrogens (tertiary/aromatic N) is 4. The minimum atomic E-state index is 0.217. The van der Waals surface area contributed by atoms with E-state index in [2.05, 4.69) is 27.2 Å². The van der Waals surface area contributed by atoms with Crippen LogP contribution < -0.4 is 4.90 Å². The van der Waals surface area contributed by atoms with Gasteiger partial charge < -0.3 is 9.80 Å². The van der Waals surface area contributed by atoms with Gasteiger partial charge in [0.15, 0.2) is 5.82 Å². The molecule has 1 amide bonds. The van der Waals surface area contributed by atoms with E-state index in [9.17, 15) is 4.79 Å². The Morgan fingerprint density at radius 1 is 1.04 bits per heavy atom. The second kappa shape index (κ2) is 7.41. The first-order chi connectivity index (χ1) is 12.7. The van der Waals surface area contributed by atoms with Gasteiger partial charge in [-0.2, -0.15) is 5.10 Å². The number of aromatic nitrogens is 2. The Bertz CT molecular complexity index is 909. The van der Waals surface area contributed by atoms with Gasteiger partial charge in [0.2, 0.25) is 5.91 Å². The van der Waals surface area contributed by atoms with E-state index < -0.39 is 0 Å². The number of rotatable bonds is 3. The van der Waals surface area contributed by atoms with E-state index in [0.717, 1.165) is 59.8 Å². The number of benzene rings is 1. The first kappa shape index (κ1) is 17.0. The summed E-state index contributed by atoms with van der Waals surface area (Å²) in [6, 6.07) is 12.3. The zero-order valence-corrected chi connectivity index (χ0v) is 15.7. The normalized spacial score (nSPS) is 15.3. The van der Waals surface area contributed by atoms with Crippen LogP contribution in [0.1, 0.15) is 17.0 Å². The standard InChI is InChI=1S/C20H22N4OS/c1-15-17-7-2-3-8-18(17)20(22-21-15)24-10-5-9-23(11-12-24)19(25)14-16-6-4-13-26-16/h2-4,6-8,13H,5,9-12,14H2,1H3. The van der Waals surface area contributed by atoms with Gasteiger partial charge in [0.05, 0.1) is 12.1 Å². The second-order valence-corrected chi connectivity index (χ2v) is 7.66. The third kappa shape index (κ3) is 3.42. The Morgan fingerprint density at radius 3 is 2.69 bits per heavy atom. The molecule has 0 N–H and O–H groups in total. The van der Waals surface area contributed by atoms with Gasteiger partial charge >= 0.3 is 0 Å². The van der Waals surface area contributed by atoms with Crippen LogP contribution in [0, 0.1) is 6.92 Å². The molecule has 0 bridgehead atoms. The fraction of sp³-hybridized carbons (Fsp3) is 0.350. The van der Waals surface area contributed by atoms with E-state index in [1.165, 1.54) is 0 Å². The van der Waals surface area contributed by atoms with Crippen molar-refractivity contribution in [3.8, 4) is 0 Å². The molecule has 1 aromatic carbocycles. The largest absolute Gasteiger partial charge is 0.353 e. The van der Waals surface area contributed by atoms with Gasteiger partial charge in [-0.25, -0.2) is 0 Å². The molecule has 2 aromatic heterocycles. The summed E-state index contributed by atoms with van der Waals surface area (Å²) in [5, 5.41) is 13.1. The van der Waals surface area contributed by atoms with Crippen LogP contribution in [0.3, 0.4) is 0 Å². The van der Waals surface area contributed by atoms with Crippen LogP contribution in [0.25, 0.3) is 10.8 Å². The maximum Gasteiger partial charge on any atom is 0.227 e. The predicted molar refractivity (Wildman–Crippen MR) is 106 cm³/mol. The lowest BCUT2D eigenvalue weighted by atomic mass is 10.1. The molecule has 5 nitrogen and oxygen atoms in total. The third-order valence-corrected chi connectivity index (χ3v) is 5.78. The van der Waals surface area contributed by atoms with Crippen LogP contribution in [-0.4, -0.2) is 47.2 Å². The molecule has 0 unspecified atom stereocenters. The quantitative estimate of drug-likeness (QED) is 0.714. The van der Waals surface area contributed by atoms with Crippen molar-refractivity contribution < 1.29 is 4.79 Å². The third-order valence-electron chi connectivity index (χ3n) is 4.91. The average molecular weight is 366 g/mol. The summed E-state index contributed by atoms with van der Waals surface area (Å²) in [5.41, 5.74) is 0.951. The summed E-state index contributed by atoms with van der Waals surface area (Å²) in [6.45, 7) is 5.21. The number of aryl methyl sites for hydroxylation is 1. The zero-order valence-electron chi connectivity index (χ0n) is 14.9. The monoisotopic (exact) mass is 366 g/mol. The topological polar surface area (TPSA) is 49.3 Å². The number of amides is 1. The highest BCUT2D eigenvalue weighted by Crippen LogP contribution is 2.26. The Labute approximate surface area is 157 Å². The highest BCUT2D eigenvalue weighted by molar-refractivity contribution is 7.10. The minimum Gasteiger partial charge on any atom is -0.353 e. The van der Waals surface area contributed by atoms with Gasteiger partial charge in [-0.05, 0) is 24.8 Å². The molecule has 4 rings (SSSR count). The van der Waals surface area contributed by atoms with Gasteiger partial charge in [0, 0.05) is 41.8 Å². The van der Waals surface area contributed by atoms with Crippen LogP contribution in [0.2, 0.25) is 0 Å². The van der Waals surface area contributed by atoms with Crippen LogP contribution in [-0.2, 0) is 11.2 Å². The SMILES string of the molecule is Cc1nnc(N2CCCN(C(=O)Cc3cccs3)CC2)c2ccccc12. The van der Waals surface area contributed by atoms with Crippen LogP contribution >= 0.6 is 11.3 Å². The van der Waals surface area contributed by atoms with Crippen molar-refractivity contribution in [1.29, 1.82) is 0 Å². The van der Waals surface area contributed by atoms with Crippen LogP contribution in [0.4, 0.5) is 5.82 Å². The number of carbonyl (C=O) groups is 1. The van der Waals surface area contributed by atoms with Crippen molar-refractivity contribution in [3.05, 3.63) is 52.3 Å². The van der Waals surface area contributed by atoms with Crippen molar-refractivity contribution in [2.24, 2.45) is 0 Å². The summed E-state index contributed by atoms with van der Waals surface area (Å²) >= 11 is 1.64. The smallest absolute Gasteiger partial charge is 0.227 e. The number of thiophene rings is 1. The lowest BCUT2D eigenvalue weighted by molar-refractivity contribution is -0.130. The van der Waals surface area contributed by atoms with E-state index in [-0.39, 0.29) is 5.91 Å². The zero-order chi connectivity index (χ0) is 17.9. The van der Waals surface area contributed by atoms with Crippen molar-refractivity contribution in [3.63, 3.8) is 0 Å². The molecule has 1 saturated heterocycles. The number of fused-ring (bicyclic) bond motifs is 1. The van der Waals surface area contributed by atoms with Crippen molar-refractivity contribution in [2.75, 3.05) is 31.1 Å². The summed E-state index contributed by atoms with van der Waals surface area (Å²) in [7, 11) is 0. The van der Waals surface area contributed by atoms with Crippen molar-refractivity contribution >= 4 is 33.8 Å². The van der Waals surface area contributed by atoms with Gasteiger partial charge in [-0.1, -0.05) is 30.3 Å². The summed E-state index contributed by atoms with van der Waals surface area (Å²) in [4.78, 5) is 18.0. The number of hydrogen-bond donors (Lipinski definition) is 0. The van der Waals surface area contributed by atoms with Crippen molar-refractivity contribution in [1.82, 2.24) is 15.1 Å². The molecule has 0 saturated carbocycles. The number of hydrogen-bond acceptors (Lipinski definition) is 5. The maximum atomic E-state index is 12.6. The molecule has 134 valence electrons.